The monoisotopic (exact) mass is 353 g/mol. The van der Waals surface area contributed by atoms with Crippen LogP contribution < -0.4 is 5.32 Å². The molecule has 0 saturated carbocycles. The lowest BCUT2D eigenvalue weighted by molar-refractivity contribution is 0.102. The van der Waals surface area contributed by atoms with E-state index in [1.165, 1.54) is 5.56 Å². The topological polar surface area (TPSA) is 46.9 Å². The van der Waals surface area contributed by atoms with E-state index >= 15 is 0 Å². The molecule has 4 nitrogen and oxygen atoms in total. The van der Waals surface area contributed by atoms with E-state index in [2.05, 4.69) is 10.4 Å². The van der Waals surface area contributed by atoms with E-state index in [4.69, 9.17) is 11.6 Å². The van der Waals surface area contributed by atoms with Crippen molar-refractivity contribution in [2.75, 3.05) is 5.32 Å². The van der Waals surface area contributed by atoms with Gasteiger partial charge >= 0.3 is 0 Å². The Balaban J connectivity index is 1.85. The number of nitrogens with one attached hydrogen (secondary N) is 1. The molecule has 0 atom stereocenters. The molecule has 1 aromatic heterocycles. The molecule has 0 spiro atoms. The Labute approximate surface area is 152 Å². The van der Waals surface area contributed by atoms with Crippen molar-refractivity contribution in [1.82, 2.24) is 9.78 Å². The van der Waals surface area contributed by atoms with Crippen LogP contribution in [0.4, 0.5) is 5.69 Å². The largest absolute Gasteiger partial charge is 0.322 e. The zero-order valence-electron chi connectivity index (χ0n) is 14.5. The van der Waals surface area contributed by atoms with Gasteiger partial charge in [0.05, 0.1) is 17.8 Å². The minimum absolute atomic E-state index is 0.244. The number of aryl methyl sites for hydroxylation is 3. The third-order valence-corrected chi connectivity index (χ3v) is 4.52. The van der Waals surface area contributed by atoms with Gasteiger partial charge in [0, 0.05) is 5.69 Å². The first-order chi connectivity index (χ1) is 12.0. The fraction of sp³-hybridized carbons (Fsp3) is 0.200. The Hall–Kier alpha value is -2.59. The van der Waals surface area contributed by atoms with E-state index in [1.54, 1.807) is 11.6 Å². The highest BCUT2D eigenvalue weighted by Crippen LogP contribution is 2.23. The zero-order chi connectivity index (χ0) is 18.0. The minimum atomic E-state index is -0.244. The number of benzene rings is 2. The summed E-state index contributed by atoms with van der Waals surface area (Å²) in [6, 6.07) is 15.8. The van der Waals surface area contributed by atoms with Crippen molar-refractivity contribution in [2.24, 2.45) is 0 Å². The first-order valence-corrected chi connectivity index (χ1v) is 8.49. The molecule has 3 aromatic rings. The van der Waals surface area contributed by atoms with Gasteiger partial charge < -0.3 is 5.32 Å². The minimum Gasteiger partial charge on any atom is -0.322 e. The number of anilines is 1. The van der Waals surface area contributed by atoms with Gasteiger partial charge in [-0.05, 0) is 38.0 Å². The Morgan fingerprint density at radius 3 is 2.44 bits per heavy atom. The summed E-state index contributed by atoms with van der Waals surface area (Å²) >= 11 is 6.45. The van der Waals surface area contributed by atoms with Gasteiger partial charge in [0.15, 0.2) is 0 Å². The van der Waals surface area contributed by atoms with Crippen molar-refractivity contribution in [3.8, 4) is 0 Å². The number of carbonyl (C=O) groups excluding carboxylic acids is 1. The van der Waals surface area contributed by atoms with Crippen LogP contribution in [0, 0.1) is 20.8 Å². The number of amides is 1. The third-order valence-electron chi connectivity index (χ3n) is 4.14. The molecule has 0 aliphatic carbocycles. The van der Waals surface area contributed by atoms with Crippen molar-refractivity contribution >= 4 is 23.2 Å². The smallest absolute Gasteiger partial charge is 0.260 e. The molecular weight excluding hydrogens is 334 g/mol. The Kier molecular flexibility index (Phi) is 4.91. The van der Waals surface area contributed by atoms with Crippen LogP contribution >= 0.6 is 11.6 Å². The van der Waals surface area contributed by atoms with E-state index in [-0.39, 0.29) is 5.91 Å². The second kappa shape index (κ2) is 7.11. The fourth-order valence-corrected chi connectivity index (χ4v) is 3.00. The number of aromatic nitrogens is 2. The van der Waals surface area contributed by atoms with E-state index in [1.807, 2.05) is 62.4 Å². The molecule has 1 heterocycles. The fourth-order valence-electron chi connectivity index (χ4n) is 2.68. The molecule has 0 aliphatic rings. The predicted molar refractivity (Wildman–Crippen MR) is 101 cm³/mol. The van der Waals surface area contributed by atoms with Crippen LogP contribution in [-0.4, -0.2) is 15.7 Å². The second-order valence-corrected chi connectivity index (χ2v) is 6.52. The molecule has 5 heteroatoms. The van der Waals surface area contributed by atoms with Gasteiger partial charge in [-0.25, -0.2) is 4.68 Å². The molecule has 0 bridgehead atoms. The van der Waals surface area contributed by atoms with Crippen molar-refractivity contribution in [1.29, 1.82) is 0 Å². The Bertz CT molecular complexity index is 913. The molecule has 0 saturated heterocycles. The van der Waals surface area contributed by atoms with Crippen LogP contribution in [-0.2, 0) is 6.54 Å². The Morgan fingerprint density at radius 2 is 1.76 bits per heavy atom. The standard InChI is InChI=1S/C20H20ClN3O/c1-13-8-10-16(11-9-13)12-24-19(21)18(15(3)23-24)20(25)22-17-7-5-4-6-14(17)2/h4-11H,12H2,1-3H3,(H,22,25). The maximum atomic E-state index is 12.7. The summed E-state index contributed by atoms with van der Waals surface area (Å²) in [5, 5.41) is 7.70. The summed E-state index contributed by atoms with van der Waals surface area (Å²) in [5.74, 6) is -0.244. The number of halogens is 1. The molecule has 0 aliphatic heterocycles. The number of hydrogen-bond donors (Lipinski definition) is 1. The highest BCUT2D eigenvalue weighted by Gasteiger charge is 2.21. The van der Waals surface area contributed by atoms with Crippen LogP contribution in [0.2, 0.25) is 5.15 Å². The van der Waals surface area contributed by atoms with E-state index in [9.17, 15) is 4.79 Å². The predicted octanol–water partition coefficient (Wildman–Crippen LogP) is 4.76. The summed E-state index contributed by atoms with van der Waals surface area (Å²) in [4.78, 5) is 12.7. The number of hydrogen-bond acceptors (Lipinski definition) is 2. The molecule has 1 amide bonds. The van der Waals surface area contributed by atoms with Crippen molar-refractivity contribution in [3.63, 3.8) is 0 Å². The quantitative estimate of drug-likeness (QED) is 0.734. The van der Waals surface area contributed by atoms with Crippen molar-refractivity contribution in [3.05, 3.63) is 81.6 Å². The molecule has 2 aromatic carbocycles. The van der Waals surface area contributed by atoms with Gasteiger partial charge in [-0.15, -0.1) is 0 Å². The van der Waals surface area contributed by atoms with Crippen LogP contribution in [0.25, 0.3) is 0 Å². The van der Waals surface area contributed by atoms with E-state index in [0.717, 1.165) is 16.8 Å². The molecule has 1 N–H and O–H groups in total. The molecule has 25 heavy (non-hydrogen) atoms. The van der Waals surface area contributed by atoms with Crippen LogP contribution in [0.3, 0.4) is 0 Å². The molecule has 0 fully saturated rings. The third kappa shape index (κ3) is 3.74. The maximum absolute atomic E-state index is 12.7. The first-order valence-electron chi connectivity index (χ1n) is 8.11. The van der Waals surface area contributed by atoms with Gasteiger partial charge in [-0.3, -0.25) is 4.79 Å². The molecule has 0 radical (unpaired) electrons. The molecular formula is C20H20ClN3O. The van der Waals surface area contributed by atoms with Gasteiger partial charge in [0.25, 0.3) is 5.91 Å². The lowest BCUT2D eigenvalue weighted by atomic mass is 10.1. The van der Waals surface area contributed by atoms with E-state index < -0.39 is 0 Å². The van der Waals surface area contributed by atoms with Crippen molar-refractivity contribution < 1.29 is 4.79 Å². The van der Waals surface area contributed by atoms with Crippen LogP contribution in [0.1, 0.15) is 32.7 Å². The number of carbonyl (C=O) groups is 1. The van der Waals surface area contributed by atoms with Gasteiger partial charge in [-0.1, -0.05) is 59.6 Å². The average Bonchev–Trinajstić information content (AvgIpc) is 2.85. The lowest BCUT2D eigenvalue weighted by Gasteiger charge is -2.08. The summed E-state index contributed by atoms with van der Waals surface area (Å²) in [6.45, 7) is 6.32. The van der Waals surface area contributed by atoms with E-state index in [0.29, 0.717) is 23.0 Å². The zero-order valence-corrected chi connectivity index (χ0v) is 15.3. The summed E-state index contributed by atoms with van der Waals surface area (Å²) in [7, 11) is 0. The summed E-state index contributed by atoms with van der Waals surface area (Å²) < 4.78 is 1.66. The summed E-state index contributed by atoms with van der Waals surface area (Å²) in [5.41, 5.74) is 5.08. The normalized spacial score (nSPS) is 10.7. The van der Waals surface area contributed by atoms with Gasteiger partial charge in [0.2, 0.25) is 0 Å². The number of rotatable bonds is 4. The molecule has 3 rings (SSSR count). The van der Waals surface area contributed by atoms with Gasteiger partial charge in [0.1, 0.15) is 5.15 Å². The molecule has 128 valence electrons. The highest BCUT2D eigenvalue weighted by molar-refractivity contribution is 6.33. The van der Waals surface area contributed by atoms with Crippen LogP contribution in [0.15, 0.2) is 48.5 Å². The van der Waals surface area contributed by atoms with Crippen LogP contribution in [0.5, 0.6) is 0 Å². The number of para-hydroxylation sites is 1. The second-order valence-electron chi connectivity index (χ2n) is 6.16. The average molecular weight is 354 g/mol. The highest BCUT2D eigenvalue weighted by atomic mass is 35.5. The maximum Gasteiger partial charge on any atom is 0.260 e. The first kappa shape index (κ1) is 17.2. The SMILES string of the molecule is Cc1ccc(Cn2nc(C)c(C(=O)Nc3ccccc3C)c2Cl)cc1. The molecule has 0 unspecified atom stereocenters. The summed E-state index contributed by atoms with van der Waals surface area (Å²) in [6.07, 6.45) is 0. The van der Waals surface area contributed by atoms with Crippen molar-refractivity contribution in [2.45, 2.75) is 27.3 Å². The van der Waals surface area contributed by atoms with Gasteiger partial charge in [-0.2, -0.15) is 5.10 Å². The number of nitrogens with zero attached hydrogens (tertiary/aromatic N) is 2. The lowest BCUT2D eigenvalue weighted by Crippen LogP contribution is -2.14. The Morgan fingerprint density at radius 1 is 1.08 bits per heavy atom.